The van der Waals surface area contributed by atoms with Crippen LogP contribution in [-0.2, 0) is 4.79 Å². The molecule has 0 heterocycles. The van der Waals surface area contributed by atoms with Gasteiger partial charge in [0.25, 0.3) is 0 Å². The number of rotatable bonds is 6. The zero-order valence-electron chi connectivity index (χ0n) is 11.5. The molecule has 0 saturated carbocycles. The lowest BCUT2D eigenvalue weighted by atomic mass is 10.1. The summed E-state index contributed by atoms with van der Waals surface area (Å²) >= 11 is 0. The lowest BCUT2D eigenvalue weighted by Gasteiger charge is -2.17. The fourth-order valence-electron chi connectivity index (χ4n) is 1.72. The van der Waals surface area contributed by atoms with Crippen molar-refractivity contribution in [2.75, 3.05) is 17.7 Å². The Hall–Kier alpha value is -2.22. The van der Waals surface area contributed by atoms with Crippen molar-refractivity contribution >= 4 is 17.3 Å². The second-order valence-corrected chi connectivity index (χ2v) is 4.34. The fourth-order valence-corrected chi connectivity index (χ4v) is 1.72. The number of hydrogen-bond donors (Lipinski definition) is 2. The van der Waals surface area contributed by atoms with Gasteiger partial charge in [0, 0.05) is 25.1 Å². The van der Waals surface area contributed by atoms with Crippen LogP contribution in [0, 0.1) is 11.3 Å². The van der Waals surface area contributed by atoms with Crippen LogP contribution in [0.3, 0.4) is 0 Å². The van der Waals surface area contributed by atoms with Gasteiger partial charge in [-0.3, -0.25) is 4.79 Å². The minimum atomic E-state index is -0.117. The second-order valence-electron chi connectivity index (χ2n) is 4.34. The Kier molecular flexibility index (Phi) is 5.68. The molecule has 0 fully saturated rings. The molecule has 5 heteroatoms. The maximum Gasteiger partial charge on any atom is 0.221 e. The Labute approximate surface area is 113 Å². The maximum absolute atomic E-state index is 11.0. The summed E-state index contributed by atoms with van der Waals surface area (Å²) in [7, 11) is 1.60. The summed E-state index contributed by atoms with van der Waals surface area (Å²) in [6.45, 7) is 3.47. The lowest BCUT2D eigenvalue weighted by molar-refractivity contribution is -0.114. The van der Waals surface area contributed by atoms with Crippen LogP contribution in [0.5, 0.6) is 5.75 Å². The third-order valence-electron chi connectivity index (χ3n) is 2.61. The monoisotopic (exact) mass is 261 g/mol. The number of nitriles is 1. The number of anilines is 2. The van der Waals surface area contributed by atoms with E-state index >= 15 is 0 Å². The van der Waals surface area contributed by atoms with Crippen LogP contribution in [0.2, 0.25) is 0 Å². The maximum atomic E-state index is 11.0. The minimum Gasteiger partial charge on any atom is -0.495 e. The number of amides is 1. The van der Waals surface area contributed by atoms with Crippen LogP contribution >= 0.6 is 0 Å². The van der Waals surface area contributed by atoms with Gasteiger partial charge in [-0.1, -0.05) is 0 Å². The Morgan fingerprint density at radius 3 is 2.84 bits per heavy atom. The van der Waals surface area contributed by atoms with Gasteiger partial charge < -0.3 is 15.4 Å². The van der Waals surface area contributed by atoms with E-state index < -0.39 is 0 Å². The molecule has 0 aliphatic heterocycles. The highest BCUT2D eigenvalue weighted by molar-refractivity contribution is 5.89. The highest BCUT2D eigenvalue weighted by Crippen LogP contribution is 2.28. The first kappa shape index (κ1) is 14.8. The van der Waals surface area contributed by atoms with Gasteiger partial charge in [0.2, 0.25) is 5.91 Å². The van der Waals surface area contributed by atoms with Crippen molar-refractivity contribution in [3.05, 3.63) is 18.2 Å². The zero-order valence-corrected chi connectivity index (χ0v) is 11.5. The number of carbonyl (C=O) groups is 1. The third-order valence-corrected chi connectivity index (χ3v) is 2.61. The highest BCUT2D eigenvalue weighted by atomic mass is 16.5. The van der Waals surface area contributed by atoms with Gasteiger partial charge in [0.15, 0.2) is 0 Å². The van der Waals surface area contributed by atoms with Crippen molar-refractivity contribution in [3.63, 3.8) is 0 Å². The largest absolute Gasteiger partial charge is 0.495 e. The summed E-state index contributed by atoms with van der Waals surface area (Å²) in [5, 5.41) is 14.6. The molecule has 5 nitrogen and oxygen atoms in total. The number of nitrogens with one attached hydrogen (secondary N) is 2. The SMILES string of the molecule is COc1ccc(NC(C)=O)cc1N[C@H](C)CCC#N. The average molecular weight is 261 g/mol. The van der Waals surface area contributed by atoms with Crippen molar-refractivity contribution in [1.82, 2.24) is 0 Å². The van der Waals surface area contributed by atoms with Gasteiger partial charge in [-0.2, -0.15) is 5.26 Å². The van der Waals surface area contributed by atoms with E-state index in [0.29, 0.717) is 17.9 Å². The van der Waals surface area contributed by atoms with Crippen LogP contribution < -0.4 is 15.4 Å². The summed E-state index contributed by atoms with van der Waals surface area (Å²) in [5.41, 5.74) is 1.52. The van der Waals surface area contributed by atoms with Crippen molar-refractivity contribution in [3.8, 4) is 11.8 Å². The number of ether oxygens (including phenoxy) is 1. The van der Waals surface area contributed by atoms with Gasteiger partial charge in [-0.05, 0) is 31.5 Å². The van der Waals surface area contributed by atoms with Gasteiger partial charge in [-0.25, -0.2) is 0 Å². The predicted molar refractivity (Wildman–Crippen MR) is 75.2 cm³/mol. The van der Waals surface area contributed by atoms with Gasteiger partial charge >= 0.3 is 0 Å². The van der Waals surface area contributed by atoms with Crippen molar-refractivity contribution in [1.29, 1.82) is 5.26 Å². The first-order valence-electron chi connectivity index (χ1n) is 6.16. The van der Waals surface area contributed by atoms with E-state index in [1.807, 2.05) is 13.0 Å². The summed E-state index contributed by atoms with van der Waals surface area (Å²) in [5.74, 6) is 0.589. The quantitative estimate of drug-likeness (QED) is 0.825. The van der Waals surface area contributed by atoms with E-state index in [1.54, 1.807) is 19.2 Å². The van der Waals surface area contributed by atoms with E-state index in [-0.39, 0.29) is 11.9 Å². The van der Waals surface area contributed by atoms with Crippen LogP contribution in [0.15, 0.2) is 18.2 Å². The molecular weight excluding hydrogens is 242 g/mol. The van der Waals surface area contributed by atoms with E-state index in [1.165, 1.54) is 6.92 Å². The topological polar surface area (TPSA) is 74.2 Å². The molecule has 0 aliphatic carbocycles. The Morgan fingerprint density at radius 2 is 2.26 bits per heavy atom. The fraction of sp³-hybridized carbons (Fsp3) is 0.429. The van der Waals surface area contributed by atoms with Crippen LogP contribution in [0.4, 0.5) is 11.4 Å². The molecule has 0 unspecified atom stereocenters. The lowest BCUT2D eigenvalue weighted by Crippen LogP contribution is -2.15. The van der Waals surface area contributed by atoms with Crippen molar-refractivity contribution in [2.45, 2.75) is 32.7 Å². The Bertz CT molecular complexity index is 480. The summed E-state index contributed by atoms with van der Waals surface area (Å²) in [6.07, 6.45) is 1.26. The molecule has 19 heavy (non-hydrogen) atoms. The molecule has 1 rings (SSSR count). The molecule has 1 aromatic rings. The summed E-state index contributed by atoms with van der Waals surface area (Å²) in [4.78, 5) is 11.0. The minimum absolute atomic E-state index is 0.117. The molecule has 0 saturated heterocycles. The Morgan fingerprint density at radius 1 is 1.53 bits per heavy atom. The second kappa shape index (κ2) is 7.27. The van der Waals surface area contributed by atoms with Crippen LogP contribution in [-0.4, -0.2) is 19.1 Å². The van der Waals surface area contributed by atoms with Gasteiger partial charge in [-0.15, -0.1) is 0 Å². The van der Waals surface area contributed by atoms with E-state index in [4.69, 9.17) is 10.00 Å². The van der Waals surface area contributed by atoms with E-state index in [2.05, 4.69) is 16.7 Å². The molecule has 0 radical (unpaired) electrons. The molecule has 2 N–H and O–H groups in total. The Balaban J connectivity index is 2.83. The molecule has 1 aromatic carbocycles. The number of benzene rings is 1. The van der Waals surface area contributed by atoms with E-state index in [9.17, 15) is 4.79 Å². The first-order valence-corrected chi connectivity index (χ1v) is 6.16. The summed E-state index contributed by atoms with van der Waals surface area (Å²) < 4.78 is 5.27. The van der Waals surface area contributed by atoms with Crippen LogP contribution in [0.25, 0.3) is 0 Å². The van der Waals surface area contributed by atoms with Crippen LogP contribution in [0.1, 0.15) is 26.7 Å². The highest BCUT2D eigenvalue weighted by Gasteiger charge is 2.08. The van der Waals surface area contributed by atoms with Gasteiger partial charge in [0.05, 0.1) is 18.9 Å². The molecule has 0 aromatic heterocycles. The normalized spacial score (nSPS) is 11.3. The van der Waals surface area contributed by atoms with Crippen molar-refractivity contribution < 1.29 is 9.53 Å². The number of nitrogens with zero attached hydrogens (tertiary/aromatic N) is 1. The predicted octanol–water partition coefficient (Wildman–Crippen LogP) is 2.76. The third kappa shape index (κ3) is 4.88. The molecule has 0 spiro atoms. The molecular formula is C14H19N3O2. The first-order chi connectivity index (χ1) is 9.06. The van der Waals surface area contributed by atoms with Gasteiger partial charge in [0.1, 0.15) is 5.75 Å². The molecule has 0 aliphatic rings. The molecule has 0 bridgehead atoms. The van der Waals surface area contributed by atoms with E-state index in [0.717, 1.165) is 12.1 Å². The number of methoxy groups -OCH3 is 1. The summed E-state index contributed by atoms with van der Waals surface area (Å²) in [6, 6.07) is 7.68. The average Bonchev–Trinajstić information content (AvgIpc) is 2.36. The number of carbonyl (C=O) groups excluding carboxylic acids is 1. The number of hydrogen-bond acceptors (Lipinski definition) is 4. The molecule has 102 valence electrons. The zero-order chi connectivity index (χ0) is 14.3. The molecule has 1 atom stereocenters. The smallest absolute Gasteiger partial charge is 0.221 e. The van der Waals surface area contributed by atoms with Crippen molar-refractivity contribution in [2.24, 2.45) is 0 Å². The molecule has 1 amide bonds. The standard InChI is InChI=1S/C14H19N3O2/c1-10(5-4-8-15)16-13-9-12(17-11(2)18)6-7-14(13)19-3/h6-7,9-10,16H,4-5H2,1-3H3,(H,17,18)/t10-/m1/s1.